The van der Waals surface area contributed by atoms with E-state index in [1.165, 1.54) is 0 Å². The van der Waals surface area contributed by atoms with Gasteiger partial charge in [0.15, 0.2) is 5.69 Å². The molecule has 2 aromatic rings. The Bertz CT molecular complexity index is 480. The van der Waals surface area contributed by atoms with Gasteiger partial charge < -0.3 is 10.1 Å². The number of aromatic nitrogens is 3. The average molecular weight is 335 g/mol. The average Bonchev–Trinajstić information content (AvgIpc) is 2.75. The monoisotopic (exact) mass is 335 g/mol. The second kappa shape index (κ2) is 4.27. The van der Waals surface area contributed by atoms with E-state index < -0.39 is 0 Å². The Morgan fingerprint density at radius 1 is 1.67 bits per heavy atom. The number of imidazole rings is 1. The molecule has 0 fully saturated rings. The van der Waals surface area contributed by atoms with Crippen LogP contribution in [0.2, 0.25) is 0 Å². The molecule has 2 N–H and O–H groups in total. The lowest BCUT2D eigenvalue weighted by Gasteiger charge is -1.89. The molecule has 2 heterocycles. The summed E-state index contributed by atoms with van der Waals surface area (Å²) < 4.78 is -0.253. The predicted octanol–water partition coefficient (Wildman–Crippen LogP) is 1.74. The topological polar surface area (TPSA) is 78.9 Å². The smallest absolute Gasteiger partial charge is 0.245 e. The van der Waals surface area contributed by atoms with Crippen molar-refractivity contribution in [3.05, 3.63) is 28.9 Å². The fourth-order valence-electron chi connectivity index (χ4n) is 1.10. The third-order valence-corrected chi connectivity index (χ3v) is 3.11. The van der Waals surface area contributed by atoms with E-state index in [2.05, 4.69) is 15.0 Å². The first-order chi connectivity index (χ1) is 7.16. The van der Waals surface area contributed by atoms with Crippen LogP contribution in [0.25, 0.3) is 0 Å². The van der Waals surface area contributed by atoms with Gasteiger partial charge in [-0.3, -0.25) is 4.79 Å². The number of halogens is 1. The van der Waals surface area contributed by atoms with Crippen molar-refractivity contribution >= 4 is 37.7 Å². The first-order valence-corrected chi connectivity index (χ1v) is 5.92. The number of aromatic hydroxyl groups is 1. The molecule has 0 saturated carbocycles. The van der Waals surface area contributed by atoms with Crippen LogP contribution in [0.5, 0.6) is 5.06 Å². The van der Waals surface area contributed by atoms with Crippen LogP contribution in [0, 0.1) is 0 Å². The maximum atomic E-state index is 11.0. The lowest BCUT2D eigenvalue weighted by atomic mass is 10.3. The second-order valence-corrected chi connectivity index (χ2v) is 4.83. The molecule has 15 heavy (non-hydrogen) atoms. The quantitative estimate of drug-likeness (QED) is 0.662. The number of nitrogens with one attached hydrogen (secondary N) is 1. The summed E-state index contributed by atoms with van der Waals surface area (Å²) in [4.78, 5) is 21.9. The van der Waals surface area contributed by atoms with Gasteiger partial charge in [-0.05, 0) is 0 Å². The van der Waals surface area contributed by atoms with Crippen molar-refractivity contribution in [1.82, 2.24) is 15.0 Å². The van der Waals surface area contributed by atoms with Crippen molar-refractivity contribution in [3.63, 3.8) is 0 Å². The molecule has 0 bridgehead atoms. The summed E-state index contributed by atoms with van der Waals surface area (Å²) in [6.07, 6.45) is 3.80. The molecule has 0 amide bonds. The zero-order valence-corrected chi connectivity index (χ0v) is 10.4. The molecular formula is C8H6IN3O2S. The molecule has 0 aliphatic rings. The number of hydrogen-bond acceptors (Lipinski definition) is 5. The minimum absolute atomic E-state index is 0.0242. The number of rotatable bonds is 3. The summed E-state index contributed by atoms with van der Waals surface area (Å²) >= 11 is 2.71. The highest BCUT2D eigenvalue weighted by atomic mass is 127. The number of thiazole rings is 1. The Morgan fingerprint density at radius 3 is 3.00 bits per heavy atom. The van der Waals surface area contributed by atoms with Gasteiger partial charge in [-0.1, -0.05) is 11.3 Å². The molecule has 2 aromatic heterocycles. The van der Waals surface area contributed by atoms with Crippen LogP contribution in [0.15, 0.2) is 12.5 Å². The second-order valence-electron chi connectivity index (χ2n) is 2.79. The van der Waals surface area contributed by atoms with Crippen LogP contribution in [0.3, 0.4) is 0 Å². The third kappa shape index (κ3) is 2.34. The highest BCUT2D eigenvalue weighted by Crippen LogP contribution is 2.28. The fraction of sp³-hybridized carbons (Fsp3) is 0.125. The lowest BCUT2D eigenvalue weighted by molar-refractivity contribution is 0.110. The Balaban J connectivity index is 2.23. The van der Waals surface area contributed by atoms with Crippen molar-refractivity contribution in [2.45, 2.75) is 6.42 Å². The molecule has 7 heteroatoms. The summed E-state index contributed by atoms with van der Waals surface area (Å²) in [5.41, 5.74) is 1.03. The molecule has 0 radical (unpaired) electrons. The van der Waals surface area contributed by atoms with E-state index >= 15 is 0 Å². The maximum absolute atomic E-state index is 11.0. The van der Waals surface area contributed by atoms with Crippen LogP contribution >= 0.6 is 33.9 Å². The summed E-state index contributed by atoms with van der Waals surface area (Å²) in [6.45, 7) is 0. The first-order valence-electron chi connectivity index (χ1n) is 4.02. The van der Waals surface area contributed by atoms with Crippen LogP contribution < -0.4 is 0 Å². The van der Waals surface area contributed by atoms with Gasteiger partial charge in [-0.2, -0.15) is 0 Å². The van der Waals surface area contributed by atoms with E-state index in [4.69, 9.17) is 0 Å². The Morgan fingerprint density at radius 2 is 2.47 bits per heavy atom. The summed E-state index contributed by atoms with van der Waals surface area (Å²) in [6, 6.07) is 0. The Kier molecular flexibility index (Phi) is 3.00. The zero-order chi connectivity index (χ0) is 10.8. The largest absolute Gasteiger partial charge is 0.498 e. The molecule has 0 spiro atoms. The normalized spacial score (nSPS) is 10.5. The highest BCUT2D eigenvalue weighted by Gasteiger charge is 2.15. The SMILES string of the molecule is O=C(I)c1nc(Cc2cnc[nH]2)sc1O. The fourth-order valence-corrected chi connectivity index (χ4v) is 2.49. The van der Waals surface area contributed by atoms with Gasteiger partial charge >= 0.3 is 0 Å². The number of nitrogens with zero attached hydrogens (tertiary/aromatic N) is 2. The lowest BCUT2D eigenvalue weighted by Crippen LogP contribution is -1.91. The third-order valence-electron chi connectivity index (χ3n) is 1.74. The standard InChI is InChI=1S/C8H6IN3O2S/c9-7(13)6-8(14)15-5(12-6)1-4-2-10-3-11-4/h2-3,14H,1H2,(H,10,11). The number of H-pyrrole nitrogens is 1. The van der Waals surface area contributed by atoms with E-state index in [0.29, 0.717) is 11.4 Å². The molecule has 5 nitrogen and oxygen atoms in total. The molecule has 2 rings (SSSR count). The van der Waals surface area contributed by atoms with Gasteiger partial charge in [0.2, 0.25) is 8.85 Å². The number of carbonyl (C=O) groups excluding carboxylic acids is 1. The Labute approximate surface area is 103 Å². The first kappa shape index (κ1) is 10.6. The van der Waals surface area contributed by atoms with Gasteiger partial charge in [0, 0.05) is 40.9 Å². The molecule has 0 aromatic carbocycles. The van der Waals surface area contributed by atoms with E-state index in [9.17, 15) is 9.90 Å². The van der Waals surface area contributed by atoms with Gasteiger partial charge in [0.25, 0.3) is 0 Å². The van der Waals surface area contributed by atoms with Crippen molar-refractivity contribution in [1.29, 1.82) is 0 Å². The molecule has 0 aliphatic carbocycles. The molecule has 78 valence electrons. The van der Waals surface area contributed by atoms with Gasteiger partial charge in [-0.25, -0.2) is 9.97 Å². The van der Waals surface area contributed by atoms with Crippen molar-refractivity contribution in [2.24, 2.45) is 0 Å². The number of hydrogen-bond donors (Lipinski definition) is 2. The summed E-state index contributed by atoms with van der Waals surface area (Å²) in [5, 5.41) is 10.1. The van der Waals surface area contributed by atoms with Gasteiger partial charge in [0.05, 0.1) is 6.33 Å². The molecular weight excluding hydrogens is 329 g/mol. The zero-order valence-electron chi connectivity index (χ0n) is 7.40. The summed E-state index contributed by atoms with van der Waals surface area (Å²) in [5.74, 6) is 0. The molecule has 0 unspecified atom stereocenters. The van der Waals surface area contributed by atoms with E-state index in [1.54, 1.807) is 35.1 Å². The minimum atomic E-state index is -0.253. The van der Waals surface area contributed by atoms with E-state index in [1.807, 2.05) is 0 Å². The highest BCUT2D eigenvalue weighted by molar-refractivity contribution is 14.1. The van der Waals surface area contributed by atoms with Gasteiger partial charge in [-0.15, -0.1) is 0 Å². The van der Waals surface area contributed by atoms with Crippen LogP contribution in [0.1, 0.15) is 21.2 Å². The number of aromatic amines is 1. The van der Waals surface area contributed by atoms with Crippen molar-refractivity contribution in [3.8, 4) is 5.06 Å². The van der Waals surface area contributed by atoms with Crippen LogP contribution in [0.4, 0.5) is 0 Å². The predicted molar refractivity (Wildman–Crippen MR) is 63.5 cm³/mol. The minimum Gasteiger partial charge on any atom is -0.498 e. The van der Waals surface area contributed by atoms with Crippen LogP contribution in [-0.2, 0) is 6.42 Å². The van der Waals surface area contributed by atoms with Crippen LogP contribution in [-0.4, -0.2) is 23.8 Å². The molecule has 0 saturated heterocycles. The molecule has 0 atom stereocenters. The van der Waals surface area contributed by atoms with Crippen molar-refractivity contribution in [2.75, 3.05) is 0 Å². The maximum Gasteiger partial charge on any atom is 0.245 e. The Hall–Kier alpha value is -0.960. The number of carbonyl (C=O) groups is 1. The van der Waals surface area contributed by atoms with E-state index in [-0.39, 0.29) is 14.5 Å². The van der Waals surface area contributed by atoms with Crippen molar-refractivity contribution < 1.29 is 9.90 Å². The van der Waals surface area contributed by atoms with Gasteiger partial charge in [0.1, 0.15) is 5.01 Å². The van der Waals surface area contributed by atoms with E-state index in [0.717, 1.165) is 17.0 Å². The molecule has 0 aliphatic heterocycles. The summed E-state index contributed by atoms with van der Waals surface area (Å²) in [7, 11) is 0.